The number of nitrogens with one attached hydrogen (secondary N) is 2. The van der Waals surface area contributed by atoms with Crippen LogP contribution in [-0.4, -0.2) is 45.6 Å². The third-order valence-electron chi connectivity index (χ3n) is 7.76. The number of phenolic OH excluding ortho intramolecular Hbond substituents is 1. The van der Waals surface area contributed by atoms with E-state index < -0.39 is 29.7 Å². The number of hydrogen-bond acceptors (Lipinski definition) is 5. The topological polar surface area (TPSA) is 108 Å². The Morgan fingerprint density at radius 1 is 0.864 bits per heavy atom. The molecule has 0 radical (unpaired) electrons. The van der Waals surface area contributed by atoms with Crippen molar-refractivity contribution in [3.8, 4) is 5.75 Å². The molecule has 3 aromatic carbocycles. The summed E-state index contributed by atoms with van der Waals surface area (Å²) in [6.07, 6.45) is -0.0341. The van der Waals surface area contributed by atoms with Gasteiger partial charge in [0.1, 0.15) is 23.4 Å². The van der Waals surface area contributed by atoms with Crippen LogP contribution in [0.15, 0.2) is 60.7 Å². The van der Waals surface area contributed by atoms with E-state index >= 15 is 0 Å². The van der Waals surface area contributed by atoms with Gasteiger partial charge in [-0.05, 0) is 107 Å². The number of carbonyl (C=O) groups excluding carboxylic acids is 3. The molecule has 3 aromatic rings. The quantitative estimate of drug-likeness (QED) is 0.230. The number of hydrogen-bond donors (Lipinski definition) is 3. The molecular formula is C36H47N3O5. The summed E-state index contributed by atoms with van der Waals surface area (Å²) in [4.78, 5) is 43.9. The predicted octanol–water partition coefficient (Wildman–Crippen LogP) is 7.07. The van der Waals surface area contributed by atoms with E-state index in [2.05, 4.69) is 10.6 Å². The summed E-state index contributed by atoms with van der Waals surface area (Å²) in [6.45, 7) is 16.9. The minimum Gasteiger partial charge on any atom is -0.508 e. The fraction of sp³-hybridized carbons (Fsp3) is 0.417. The third-order valence-corrected chi connectivity index (χ3v) is 7.76. The third kappa shape index (κ3) is 8.62. The number of amides is 3. The second kappa shape index (κ2) is 14.4. The van der Waals surface area contributed by atoms with Crippen molar-refractivity contribution in [3.05, 3.63) is 94.0 Å². The second-order valence-corrected chi connectivity index (χ2v) is 12.5. The molecule has 0 spiro atoms. The highest BCUT2D eigenvalue weighted by atomic mass is 16.6. The van der Waals surface area contributed by atoms with E-state index in [1.54, 1.807) is 37.8 Å². The summed E-state index contributed by atoms with van der Waals surface area (Å²) in [5.74, 6) is -0.659. The van der Waals surface area contributed by atoms with Crippen LogP contribution in [0.5, 0.6) is 5.75 Å². The molecule has 3 amide bonds. The number of carbonyl (C=O) groups is 3. The molecule has 0 fully saturated rings. The summed E-state index contributed by atoms with van der Waals surface area (Å²) < 4.78 is 5.54. The second-order valence-electron chi connectivity index (χ2n) is 12.5. The molecule has 3 unspecified atom stereocenters. The fourth-order valence-electron chi connectivity index (χ4n) is 5.35. The van der Waals surface area contributed by atoms with Crippen molar-refractivity contribution in [2.75, 3.05) is 5.32 Å². The lowest BCUT2D eigenvalue weighted by Crippen LogP contribution is -2.55. The van der Waals surface area contributed by atoms with Crippen LogP contribution in [0.2, 0.25) is 0 Å². The van der Waals surface area contributed by atoms with Crippen molar-refractivity contribution in [2.45, 2.75) is 98.9 Å². The molecule has 8 heteroatoms. The minimum absolute atomic E-state index is 0.0937. The van der Waals surface area contributed by atoms with E-state index in [-0.39, 0.29) is 24.1 Å². The smallest absolute Gasteiger partial charge is 0.408 e. The molecule has 3 rings (SSSR count). The van der Waals surface area contributed by atoms with Gasteiger partial charge in [0.15, 0.2) is 0 Å². The van der Waals surface area contributed by atoms with Crippen LogP contribution in [0.1, 0.15) is 80.5 Å². The van der Waals surface area contributed by atoms with E-state index in [4.69, 9.17) is 4.74 Å². The van der Waals surface area contributed by atoms with Crippen LogP contribution >= 0.6 is 0 Å². The number of nitrogens with zero attached hydrogens (tertiary/aromatic N) is 1. The molecule has 0 bridgehead atoms. The predicted molar refractivity (Wildman–Crippen MR) is 175 cm³/mol. The first-order valence-electron chi connectivity index (χ1n) is 15.2. The summed E-state index contributed by atoms with van der Waals surface area (Å²) >= 11 is 0. The van der Waals surface area contributed by atoms with Gasteiger partial charge in [-0.15, -0.1) is 0 Å². The Morgan fingerprint density at radius 2 is 1.39 bits per heavy atom. The van der Waals surface area contributed by atoms with Gasteiger partial charge >= 0.3 is 6.09 Å². The first kappa shape index (κ1) is 34.2. The largest absolute Gasteiger partial charge is 0.508 e. The zero-order chi connectivity index (χ0) is 32.8. The molecule has 236 valence electrons. The highest BCUT2D eigenvalue weighted by Crippen LogP contribution is 2.33. The minimum atomic E-state index is -1.05. The molecular weight excluding hydrogens is 554 g/mol. The average Bonchev–Trinajstić information content (AvgIpc) is 2.93. The molecule has 44 heavy (non-hydrogen) atoms. The number of rotatable bonds is 10. The van der Waals surface area contributed by atoms with Crippen molar-refractivity contribution < 1.29 is 24.2 Å². The Hall–Kier alpha value is -4.33. The van der Waals surface area contributed by atoms with Crippen LogP contribution < -0.4 is 10.6 Å². The van der Waals surface area contributed by atoms with E-state index in [0.29, 0.717) is 12.1 Å². The number of aromatic hydroxyl groups is 1. The SMILES string of the molecule is CCC(C)N(C(=O)C(Cc1ccc(O)cc1)NC(=O)OC(C)(C)C)C(C(=O)Nc1c(C)cccc1C)c1c(C)cccc1C. The molecule has 0 aliphatic heterocycles. The maximum absolute atomic E-state index is 14.8. The number of alkyl carbamates (subject to hydrolysis) is 1. The standard InChI is InChI=1S/C36H47N3O5/c1-10-26(6)39(34(42)29(37-35(43)44-36(7,8)9)21-27-17-19-28(40)20-18-27)32(30-22(2)13-11-14-23(30)3)33(41)38-31-24(4)15-12-16-25(31)5/h11-20,26,29,32,40H,10,21H2,1-9H3,(H,37,43)(H,38,41). The Kier molecular flexibility index (Phi) is 11.2. The summed E-state index contributed by atoms with van der Waals surface area (Å²) in [5, 5.41) is 15.8. The normalized spacial score (nSPS) is 13.4. The lowest BCUT2D eigenvalue weighted by molar-refractivity contribution is -0.143. The van der Waals surface area contributed by atoms with E-state index in [0.717, 1.165) is 33.4 Å². The molecule has 3 N–H and O–H groups in total. The van der Waals surface area contributed by atoms with Gasteiger partial charge in [-0.3, -0.25) is 9.59 Å². The van der Waals surface area contributed by atoms with Crippen molar-refractivity contribution in [1.29, 1.82) is 0 Å². The van der Waals surface area contributed by atoms with Gasteiger partial charge in [0.25, 0.3) is 5.91 Å². The number of para-hydroxylation sites is 1. The van der Waals surface area contributed by atoms with Gasteiger partial charge < -0.3 is 25.4 Å². The molecule has 3 atom stereocenters. The first-order valence-corrected chi connectivity index (χ1v) is 15.2. The number of anilines is 1. The average molecular weight is 602 g/mol. The molecule has 0 aliphatic carbocycles. The van der Waals surface area contributed by atoms with Gasteiger partial charge in [0, 0.05) is 18.2 Å². The Labute approximate surface area is 261 Å². The van der Waals surface area contributed by atoms with E-state index in [1.807, 2.05) is 77.9 Å². The number of benzene rings is 3. The first-order chi connectivity index (χ1) is 20.6. The van der Waals surface area contributed by atoms with Gasteiger partial charge in [0.05, 0.1) is 0 Å². The molecule has 0 aliphatic rings. The lowest BCUT2D eigenvalue weighted by atomic mass is 9.91. The number of aryl methyl sites for hydroxylation is 4. The zero-order valence-electron chi connectivity index (χ0n) is 27.4. The molecule has 0 saturated carbocycles. The van der Waals surface area contributed by atoms with E-state index in [9.17, 15) is 19.5 Å². The van der Waals surface area contributed by atoms with Gasteiger partial charge in [0.2, 0.25) is 5.91 Å². The fourth-order valence-corrected chi connectivity index (χ4v) is 5.35. The number of phenols is 1. The summed E-state index contributed by atoms with van der Waals surface area (Å²) in [6, 6.07) is 15.7. The Morgan fingerprint density at radius 3 is 1.89 bits per heavy atom. The van der Waals surface area contributed by atoms with Crippen LogP contribution in [0.25, 0.3) is 0 Å². The van der Waals surface area contributed by atoms with Crippen LogP contribution in [0.4, 0.5) is 10.5 Å². The Bertz CT molecular complexity index is 1440. The van der Waals surface area contributed by atoms with Crippen LogP contribution in [0, 0.1) is 27.7 Å². The maximum Gasteiger partial charge on any atom is 0.408 e. The van der Waals surface area contributed by atoms with Crippen molar-refractivity contribution in [2.24, 2.45) is 0 Å². The summed E-state index contributed by atoms with van der Waals surface area (Å²) in [7, 11) is 0. The number of ether oxygens (including phenoxy) is 1. The van der Waals surface area contributed by atoms with Crippen molar-refractivity contribution >= 4 is 23.6 Å². The van der Waals surface area contributed by atoms with Gasteiger partial charge in [-0.1, -0.05) is 55.5 Å². The van der Waals surface area contributed by atoms with Gasteiger partial charge in [-0.25, -0.2) is 4.79 Å². The molecule has 0 aromatic heterocycles. The highest BCUT2D eigenvalue weighted by Gasteiger charge is 2.40. The maximum atomic E-state index is 14.8. The van der Waals surface area contributed by atoms with Crippen molar-refractivity contribution in [1.82, 2.24) is 10.2 Å². The molecule has 0 saturated heterocycles. The zero-order valence-corrected chi connectivity index (χ0v) is 27.4. The van der Waals surface area contributed by atoms with Crippen LogP contribution in [-0.2, 0) is 20.7 Å². The molecule has 0 heterocycles. The Balaban J connectivity index is 2.17. The lowest BCUT2D eigenvalue weighted by Gasteiger charge is -2.39. The monoisotopic (exact) mass is 601 g/mol. The van der Waals surface area contributed by atoms with Crippen molar-refractivity contribution in [3.63, 3.8) is 0 Å². The molecule has 8 nitrogen and oxygen atoms in total. The summed E-state index contributed by atoms with van der Waals surface area (Å²) in [5.41, 5.74) is 4.98. The highest BCUT2D eigenvalue weighted by molar-refractivity contribution is 6.00. The van der Waals surface area contributed by atoms with Gasteiger partial charge in [-0.2, -0.15) is 0 Å². The van der Waals surface area contributed by atoms with Crippen LogP contribution in [0.3, 0.4) is 0 Å². The van der Waals surface area contributed by atoms with E-state index in [1.165, 1.54) is 12.1 Å².